The zero-order valence-electron chi connectivity index (χ0n) is 15.8. The first-order valence-corrected chi connectivity index (χ1v) is 8.90. The highest BCUT2D eigenvalue weighted by atomic mass is 16.2. The molecule has 1 fully saturated rings. The third-order valence-corrected chi connectivity index (χ3v) is 5.77. The Bertz CT molecular complexity index is 675. The Balaban J connectivity index is 1.91. The lowest BCUT2D eigenvalue weighted by atomic mass is 9.74. The van der Waals surface area contributed by atoms with Crippen molar-refractivity contribution in [3.63, 3.8) is 0 Å². The number of anilines is 1. The summed E-state index contributed by atoms with van der Waals surface area (Å²) in [7, 11) is 1.95. The Morgan fingerprint density at radius 1 is 1.25 bits per heavy atom. The highest BCUT2D eigenvalue weighted by Crippen LogP contribution is 2.40. The molecular weight excluding hydrogens is 302 g/mol. The highest BCUT2D eigenvalue weighted by molar-refractivity contribution is 5.96. The molecule has 3 unspecified atom stereocenters. The van der Waals surface area contributed by atoms with Gasteiger partial charge in [0.1, 0.15) is 6.33 Å². The SMILES string of the molecule is CC1=C(C(=O)N2CC(C(C)C)C2C(C)C)C(C)n2ncnc2N1C. The van der Waals surface area contributed by atoms with Gasteiger partial charge in [0.05, 0.1) is 11.6 Å². The number of rotatable bonds is 3. The minimum atomic E-state index is -0.0860. The summed E-state index contributed by atoms with van der Waals surface area (Å²) in [6.45, 7) is 13.8. The van der Waals surface area contributed by atoms with Gasteiger partial charge >= 0.3 is 0 Å². The average molecular weight is 331 g/mol. The van der Waals surface area contributed by atoms with Crippen LogP contribution in [-0.2, 0) is 4.79 Å². The molecule has 0 spiro atoms. The van der Waals surface area contributed by atoms with E-state index >= 15 is 0 Å². The number of likely N-dealkylation sites (tertiary alicyclic amines) is 1. The second kappa shape index (κ2) is 5.90. The van der Waals surface area contributed by atoms with Crippen molar-refractivity contribution in [2.45, 2.75) is 53.6 Å². The maximum Gasteiger partial charge on any atom is 0.253 e. The second-order valence-corrected chi connectivity index (χ2v) is 7.84. The summed E-state index contributed by atoms with van der Waals surface area (Å²) in [5.74, 6) is 2.61. The summed E-state index contributed by atoms with van der Waals surface area (Å²) in [4.78, 5) is 21.7. The number of hydrogen-bond donors (Lipinski definition) is 0. The van der Waals surface area contributed by atoms with Crippen LogP contribution in [0.5, 0.6) is 0 Å². The van der Waals surface area contributed by atoms with E-state index in [0.29, 0.717) is 23.8 Å². The molecule has 0 saturated carbocycles. The van der Waals surface area contributed by atoms with Crippen LogP contribution in [0.1, 0.15) is 47.6 Å². The molecule has 132 valence electrons. The molecule has 0 bridgehead atoms. The van der Waals surface area contributed by atoms with E-state index in [9.17, 15) is 4.79 Å². The van der Waals surface area contributed by atoms with E-state index in [1.54, 1.807) is 6.33 Å². The zero-order valence-corrected chi connectivity index (χ0v) is 15.8. The minimum Gasteiger partial charge on any atom is -0.335 e. The van der Waals surface area contributed by atoms with Gasteiger partial charge in [0.15, 0.2) is 0 Å². The molecule has 3 heterocycles. The van der Waals surface area contributed by atoms with Gasteiger partial charge in [0, 0.05) is 25.3 Å². The largest absolute Gasteiger partial charge is 0.335 e. The van der Waals surface area contributed by atoms with Crippen molar-refractivity contribution in [3.8, 4) is 0 Å². The molecule has 6 nitrogen and oxygen atoms in total. The first-order valence-electron chi connectivity index (χ1n) is 8.90. The van der Waals surface area contributed by atoms with Crippen molar-refractivity contribution >= 4 is 11.9 Å². The lowest BCUT2D eigenvalue weighted by molar-refractivity contribution is -0.145. The number of hydrogen-bond acceptors (Lipinski definition) is 4. The van der Waals surface area contributed by atoms with Crippen LogP contribution in [0, 0.1) is 17.8 Å². The molecule has 1 aromatic heterocycles. The van der Waals surface area contributed by atoms with Gasteiger partial charge in [-0.25, -0.2) is 4.68 Å². The van der Waals surface area contributed by atoms with Gasteiger partial charge in [-0.15, -0.1) is 0 Å². The van der Waals surface area contributed by atoms with Crippen LogP contribution < -0.4 is 4.90 Å². The quantitative estimate of drug-likeness (QED) is 0.854. The lowest BCUT2D eigenvalue weighted by Gasteiger charge is -2.53. The monoisotopic (exact) mass is 331 g/mol. The van der Waals surface area contributed by atoms with Gasteiger partial charge < -0.3 is 9.80 Å². The smallest absolute Gasteiger partial charge is 0.253 e. The Labute approximate surface area is 144 Å². The first-order chi connectivity index (χ1) is 11.3. The molecule has 3 atom stereocenters. The fraction of sp³-hybridized carbons (Fsp3) is 0.722. The van der Waals surface area contributed by atoms with Crippen LogP contribution in [0.3, 0.4) is 0 Å². The number of amides is 1. The molecule has 0 aromatic carbocycles. The summed E-state index contributed by atoms with van der Waals surface area (Å²) < 4.78 is 1.84. The predicted octanol–water partition coefficient (Wildman–Crippen LogP) is 2.70. The van der Waals surface area contributed by atoms with Crippen LogP contribution in [0.2, 0.25) is 0 Å². The lowest BCUT2D eigenvalue weighted by Crippen LogP contribution is -2.63. The summed E-state index contributed by atoms with van der Waals surface area (Å²) in [6, 6.07) is 0.240. The molecule has 24 heavy (non-hydrogen) atoms. The van der Waals surface area contributed by atoms with Gasteiger partial charge in [-0.05, 0) is 31.6 Å². The first kappa shape index (κ1) is 17.0. The number of aromatic nitrogens is 3. The van der Waals surface area contributed by atoms with Crippen LogP contribution >= 0.6 is 0 Å². The maximum atomic E-state index is 13.3. The highest BCUT2D eigenvalue weighted by Gasteiger charge is 2.47. The van der Waals surface area contributed by atoms with E-state index in [-0.39, 0.29) is 11.9 Å². The third kappa shape index (κ3) is 2.34. The predicted molar refractivity (Wildman–Crippen MR) is 94.5 cm³/mol. The third-order valence-electron chi connectivity index (χ3n) is 5.77. The molecule has 6 heteroatoms. The van der Waals surface area contributed by atoms with Gasteiger partial charge in [-0.3, -0.25) is 4.79 Å². The molecule has 2 aliphatic heterocycles. The van der Waals surface area contributed by atoms with Crippen LogP contribution in [0.4, 0.5) is 5.95 Å². The number of allylic oxidation sites excluding steroid dienone is 1. The fourth-order valence-corrected chi connectivity index (χ4v) is 4.23. The summed E-state index contributed by atoms with van der Waals surface area (Å²) in [5, 5.41) is 4.31. The van der Waals surface area contributed by atoms with Gasteiger partial charge in [0.2, 0.25) is 5.95 Å². The molecule has 1 amide bonds. The molecule has 3 rings (SSSR count). The Morgan fingerprint density at radius 2 is 1.92 bits per heavy atom. The average Bonchev–Trinajstić information content (AvgIpc) is 2.92. The fourth-order valence-electron chi connectivity index (χ4n) is 4.23. The standard InChI is InChI=1S/C18H29N5O/c1-10(2)14-8-22(16(14)11(3)4)17(24)15-12(5)21(7)18-19-9-20-23(18)13(15)6/h9-11,13-14,16H,8H2,1-7H3. The summed E-state index contributed by atoms with van der Waals surface area (Å²) >= 11 is 0. The Kier molecular flexibility index (Phi) is 4.18. The summed E-state index contributed by atoms with van der Waals surface area (Å²) in [5.41, 5.74) is 1.81. The molecule has 0 radical (unpaired) electrons. The number of fused-ring (bicyclic) bond motifs is 1. The number of carbonyl (C=O) groups is 1. The Hall–Kier alpha value is -1.85. The topological polar surface area (TPSA) is 54.3 Å². The van der Waals surface area contributed by atoms with Crippen LogP contribution in [0.15, 0.2) is 17.6 Å². The van der Waals surface area contributed by atoms with Crippen molar-refractivity contribution < 1.29 is 4.79 Å². The maximum absolute atomic E-state index is 13.3. The van der Waals surface area contributed by atoms with E-state index in [1.165, 1.54) is 0 Å². The molecule has 0 aliphatic carbocycles. The van der Waals surface area contributed by atoms with Crippen molar-refractivity contribution in [2.75, 3.05) is 18.5 Å². The van der Waals surface area contributed by atoms with Crippen molar-refractivity contribution in [1.29, 1.82) is 0 Å². The van der Waals surface area contributed by atoms with E-state index < -0.39 is 0 Å². The normalized spacial score (nSPS) is 27.0. The molecule has 1 saturated heterocycles. The van der Waals surface area contributed by atoms with Gasteiger partial charge in [0.25, 0.3) is 5.91 Å². The molecule has 0 N–H and O–H groups in total. The van der Waals surface area contributed by atoms with E-state index in [2.05, 4.69) is 42.7 Å². The second-order valence-electron chi connectivity index (χ2n) is 7.84. The van der Waals surface area contributed by atoms with E-state index in [4.69, 9.17) is 0 Å². The van der Waals surface area contributed by atoms with Crippen molar-refractivity contribution in [2.24, 2.45) is 17.8 Å². The molecule has 1 aromatic rings. The minimum absolute atomic E-state index is 0.0860. The van der Waals surface area contributed by atoms with Gasteiger partial charge in [-0.1, -0.05) is 27.7 Å². The van der Waals surface area contributed by atoms with Crippen molar-refractivity contribution in [1.82, 2.24) is 19.7 Å². The van der Waals surface area contributed by atoms with Crippen molar-refractivity contribution in [3.05, 3.63) is 17.6 Å². The van der Waals surface area contributed by atoms with Crippen LogP contribution in [-0.4, -0.2) is 45.2 Å². The number of carbonyl (C=O) groups excluding carboxylic acids is 1. The Morgan fingerprint density at radius 3 is 2.50 bits per heavy atom. The zero-order chi connectivity index (χ0) is 17.8. The number of nitrogens with zero attached hydrogens (tertiary/aromatic N) is 5. The van der Waals surface area contributed by atoms with Crippen LogP contribution in [0.25, 0.3) is 0 Å². The summed E-state index contributed by atoms with van der Waals surface area (Å²) in [6.07, 6.45) is 1.55. The van der Waals surface area contributed by atoms with E-state index in [0.717, 1.165) is 23.8 Å². The van der Waals surface area contributed by atoms with E-state index in [1.807, 2.05) is 30.5 Å². The van der Waals surface area contributed by atoms with Gasteiger partial charge in [-0.2, -0.15) is 10.1 Å². The molecule has 2 aliphatic rings. The molecular formula is C18H29N5O.